The molecule has 5 fully saturated rings. The van der Waals surface area contributed by atoms with E-state index in [1.54, 1.807) is 0 Å². The van der Waals surface area contributed by atoms with Crippen LogP contribution in [0, 0.1) is 5.92 Å². The molecule has 6 unspecified atom stereocenters. The third-order valence-electron chi connectivity index (χ3n) is 5.43. The summed E-state index contributed by atoms with van der Waals surface area (Å²) in [7, 11) is 0. The second-order valence-electron chi connectivity index (χ2n) is 6.73. The molecule has 3 heterocycles. The normalized spacial score (nSPS) is 48.7. The van der Waals surface area contributed by atoms with Crippen molar-refractivity contribution in [2.75, 3.05) is 0 Å². The van der Waals surface area contributed by atoms with Crippen molar-refractivity contribution in [3.8, 4) is 0 Å². The number of esters is 1. The van der Waals surface area contributed by atoms with Crippen LogP contribution >= 0.6 is 0 Å². The van der Waals surface area contributed by atoms with Crippen LogP contribution in [0.1, 0.15) is 51.9 Å². The Balaban J connectivity index is 1.34. The summed E-state index contributed by atoms with van der Waals surface area (Å²) >= 11 is 0. The summed E-state index contributed by atoms with van der Waals surface area (Å²) < 4.78 is 17.0. The van der Waals surface area contributed by atoms with Crippen LogP contribution in [-0.2, 0) is 19.0 Å². The van der Waals surface area contributed by atoms with E-state index in [9.17, 15) is 4.79 Å². The first kappa shape index (κ1) is 12.2. The molecule has 6 atom stereocenters. The van der Waals surface area contributed by atoms with Crippen molar-refractivity contribution < 1.29 is 19.0 Å². The van der Waals surface area contributed by atoms with Gasteiger partial charge in [-0.15, -0.1) is 0 Å². The van der Waals surface area contributed by atoms with E-state index in [1.807, 2.05) is 6.92 Å². The van der Waals surface area contributed by atoms with Crippen molar-refractivity contribution in [3.63, 3.8) is 0 Å². The molecule has 3 aliphatic heterocycles. The topological polar surface area (TPSA) is 48.1 Å². The molecule has 2 aliphatic carbocycles. The number of epoxide rings is 1. The second-order valence-corrected chi connectivity index (χ2v) is 6.73. The zero-order valence-corrected chi connectivity index (χ0v) is 11.5. The molecule has 0 aromatic heterocycles. The minimum Gasteiger partial charge on any atom is -0.460 e. The van der Waals surface area contributed by atoms with Gasteiger partial charge in [0.1, 0.15) is 6.10 Å². The molecule has 4 nitrogen and oxygen atoms in total. The van der Waals surface area contributed by atoms with E-state index >= 15 is 0 Å². The van der Waals surface area contributed by atoms with Gasteiger partial charge in [0.2, 0.25) is 0 Å². The maximum Gasteiger partial charge on any atom is 0.338 e. The molecule has 4 heteroatoms. The smallest absolute Gasteiger partial charge is 0.338 e. The van der Waals surface area contributed by atoms with Crippen LogP contribution < -0.4 is 0 Å². The fourth-order valence-corrected chi connectivity index (χ4v) is 4.08. The minimum atomic E-state index is -0.579. The van der Waals surface area contributed by atoms with E-state index in [0.717, 1.165) is 44.9 Å². The lowest BCUT2D eigenvalue weighted by Gasteiger charge is -2.50. The molecule has 106 valence electrons. The third-order valence-corrected chi connectivity index (χ3v) is 5.43. The highest BCUT2D eigenvalue weighted by Crippen LogP contribution is 2.46. The molecular weight excluding hydrogens is 244 g/mol. The average molecular weight is 266 g/mol. The molecule has 5 aliphatic rings. The van der Waals surface area contributed by atoms with Gasteiger partial charge in [-0.2, -0.15) is 0 Å². The summed E-state index contributed by atoms with van der Waals surface area (Å²) in [6, 6.07) is 0. The average Bonchev–Trinajstić information content (AvgIpc) is 3.16. The number of fused-ring (bicyclic) bond motifs is 3. The van der Waals surface area contributed by atoms with Gasteiger partial charge >= 0.3 is 5.97 Å². The molecule has 2 saturated carbocycles. The first-order chi connectivity index (χ1) is 9.16. The summed E-state index contributed by atoms with van der Waals surface area (Å²) in [6.07, 6.45) is 8.46. The Morgan fingerprint density at radius 2 is 2.16 bits per heavy atom. The quantitative estimate of drug-likeness (QED) is 0.580. The van der Waals surface area contributed by atoms with E-state index in [-0.39, 0.29) is 12.1 Å². The van der Waals surface area contributed by atoms with E-state index in [1.165, 1.54) is 0 Å². The maximum absolute atomic E-state index is 12.3. The van der Waals surface area contributed by atoms with Crippen molar-refractivity contribution in [3.05, 3.63) is 0 Å². The Morgan fingerprint density at radius 3 is 2.84 bits per heavy atom. The number of hydrogen-bond acceptors (Lipinski definition) is 4. The largest absolute Gasteiger partial charge is 0.460 e. The number of rotatable bonds is 3. The summed E-state index contributed by atoms with van der Waals surface area (Å²) in [4.78, 5) is 12.3. The molecule has 0 aromatic rings. The van der Waals surface area contributed by atoms with E-state index in [0.29, 0.717) is 24.2 Å². The van der Waals surface area contributed by atoms with Crippen LogP contribution in [0.15, 0.2) is 0 Å². The van der Waals surface area contributed by atoms with Gasteiger partial charge in [0.25, 0.3) is 0 Å². The Morgan fingerprint density at radius 1 is 1.32 bits per heavy atom. The van der Waals surface area contributed by atoms with Crippen molar-refractivity contribution in [1.29, 1.82) is 0 Å². The molecule has 19 heavy (non-hydrogen) atoms. The van der Waals surface area contributed by atoms with E-state index in [4.69, 9.17) is 14.2 Å². The standard InChI is InChI=1S/C15H22O4/c1-9(10-4-5-12-13(7-10)18-12)17-14(16)15-6-2-3-11(8-15)19-15/h9-13H,2-8H2,1H3. The third kappa shape index (κ3) is 2.00. The summed E-state index contributed by atoms with van der Waals surface area (Å²) in [6.45, 7) is 2.03. The number of ether oxygens (including phenoxy) is 3. The predicted molar refractivity (Wildman–Crippen MR) is 67.6 cm³/mol. The molecule has 2 bridgehead atoms. The van der Waals surface area contributed by atoms with Crippen LogP contribution in [0.25, 0.3) is 0 Å². The molecule has 0 N–H and O–H groups in total. The van der Waals surface area contributed by atoms with Gasteiger partial charge in [-0.3, -0.25) is 0 Å². The molecule has 0 amide bonds. The van der Waals surface area contributed by atoms with Crippen molar-refractivity contribution in [2.45, 2.75) is 81.9 Å². The molecular formula is C15H22O4. The van der Waals surface area contributed by atoms with Crippen LogP contribution in [0.4, 0.5) is 0 Å². The lowest BCUT2D eigenvalue weighted by Crippen LogP contribution is -2.60. The van der Waals surface area contributed by atoms with Gasteiger partial charge in [0.05, 0.1) is 18.3 Å². The Kier molecular flexibility index (Phi) is 2.68. The summed E-state index contributed by atoms with van der Waals surface area (Å²) in [5.41, 5.74) is -0.579. The second kappa shape index (κ2) is 4.19. The van der Waals surface area contributed by atoms with Crippen molar-refractivity contribution in [2.24, 2.45) is 5.92 Å². The molecule has 3 saturated heterocycles. The highest BCUT2D eigenvalue weighted by atomic mass is 16.6. The molecule has 0 radical (unpaired) electrons. The van der Waals surface area contributed by atoms with Crippen LogP contribution in [-0.4, -0.2) is 36.0 Å². The monoisotopic (exact) mass is 266 g/mol. The summed E-state index contributed by atoms with van der Waals surface area (Å²) in [5.74, 6) is 0.346. The Labute approximate surface area is 113 Å². The number of hydrogen-bond donors (Lipinski definition) is 0. The molecule has 5 rings (SSSR count). The highest BCUT2D eigenvalue weighted by molar-refractivity contribution is 5.81. The van der Waals surface area contributed by atoms with Crippen LogP contribution in [0.3, 0.4) is 0 Å². The van der Waals surface area contributed by atoms with E-state index < -0.39 is 5.60 Å². The zero-order chi connectivity index (χ0) is 13.0. The SMILES string of the molecule is CC(OC(=O)C12CCCC(C1)O2)C1CCC2OC2C1. The lowest BCUT2D eigenvalue weighted by molar-refractivity contribution is -0.249. The Bertz CT molecular complexity index is 382. The van der Waals surface area contributed by atoms with Gasteiger partial charge in [-0.05, 0) is 51.4 Å². The summed E-state index contributed by atoms with van der Waals surface area (Å²) in [5, 5.41) is 0. The van der Waals surface area contributed by atoms with Crippen molar-refractivity contribution >= 4 is 5.97 Å². The predicted octanol–water partition coefficient (Wildman–Crippen LogP) is 2.20. The number of carbonyl (C=O) groups excluding carboxylic acids is 1. The number of carbonyl (C=O) groups is 1. The first-order valence-corrected chi connectivity index (χ1v) is 7.71. The Hall–Kier alpha value is -0.610. The maximum atomic E-state index is 12.3. The molecule has 0 aromatic carbocycles. The van der Waals surface area contributed by atoms with E-state index in [2.05, 4.69) is 0 Å². The van der Waals surface area contributed by atoms with Gasteiger partial charge in [-0.25, -0.2) is 4.79 Å². The molecule has 0 spiro atoms. The highest BCUT2D eigenvalue weighted by Gasteiger charge is 2.56. The first-order valence-electron chi connectivity index (χ1n) is 7.71. The fraction of sp³-hybridized carbons (Fsp3) is 0.933. The minimum absolute atomic E-state index is 0.00315. The van der Waals surface area contributed by atoms with Crippen molar-refractivity contribution in [1.82, 2.24) is 0 Å². The van der Waals surface area contributed by atoms with Crippen LogP contribution in [0.5, 0.6) is 0 Å². The van der Waals surface area contributed by atoms with Gasteiger partial charge in [0.15, 0.2) is 5.60 Å². The van der Waals surface area contributed by atoms with Gasteiger partial charge in [-0.1, -0.05) is 0 Å². The zero-order valence-electron chi connectivity index (χ0n) is 11.5. The van der Waals surface area contributed by atoms with Gasteiger partial charge in [0, 0.05) is 6.42 Å². The lowest BCUT2D eigenvalue weighted by atomic mass is 9.77. The fourth-order valence-electron chi connectivity index (χ4n) is 4.08. The van der Waals surface area contributed by atoms with Crippen LogP contribution in [0.2, 0.25) is 0 Å². The van der Waals surface area contributed by atoms with Gasteiger partial charge < -0.3 is 14.2 Å².